The molecule has 2 aromatic rings. The van der Waals surface area contributed by atoms with Crippen molar-refractivity contribution in [2.45, 2.75) is 45.3 Å². The number of ketones is 1. The fraction of sp³-hybridized carbons (Fsp3) is 0.409. The van der Waals surface area contributed by atoms with Crippen LogP contribution in [0.5, 0.6) is 5.75 Å². The summed E-state index contributed by atoms with van der Waals surface area (Å²) in [5.74, 6) is -5.83. The number of pyridine rings is 1. The summed E-state index contributed by atoms with van der Waals surface area (Å²) in [4.78, 5) is 28.3. The highest BCUT2D eigenvalue weighted by atomic mass is 19.2. The van der Waals surface area contributed by atoms with E-state index in [-0.39, 0.29) is 22.9 Å². The highest BCUT2D eigenvalue weighted by molar-refractivity contribution is 5.98. The van der Waals surface area contributed by atoms with Crippen LogP contribution in [-0.2, 0) is 9.53 Å². The van der Waals surface area contributed by atoms with E-state index in [0.29, 0.717) is 0 Å². The van der Waals surface area contributed by atoms with E-state index in [0.717, 1.165) is 13.0 Å². The van der Waals surface area contributed by atoms with Crippen LogP contribution in [0, 0.1) is 23.4 Å². The molecule has 3 rings (SSSR count). The van der Waals surface area contributed by atoms with Crippen LogP contribution in [0.1, 0.15) is 49.7 Å². The molecule has 1 aromatic carbocycles. The number of aromatic nitrogens is 1. The number of Topliss-reactive ketones (excluding diaryl/α,β-unsaturated/α-hetero) is 1. The molecule has 3 atom stereocenters. The normalized spacial score (nSPS) is 22.3. The van der Waals surface area contributed by atoms with Crippen molar-refractivity contribution in [1.29, 1.82) is 0 Å². The van der Waals surface area contributed by atoms with Gasteiger partial charge in [0.15, 0.2) is 23.2 Å². The van der Waals surface area contributed by atoms with Gasteiger partial charge in [-0.25, -0.2) is 13.8 Å². The van der Waals surface area contributed by atoms with Crippen molar-refractivity contribution in [3.05, 3.63) is 53.1 Å². The number of methoxy groups -OCH3 is 1. The van der Waals surface area contributed by atoms with E-state index < -0.39 is 52.5 Å². The zero-order valence-electron chi connectivity index (χ0n) is 17.8. The molecular formula is C22H23F3N2O4. The molecule has 0 unspecified atom stereocenters. The van der Waals surface area contributed by atoms with Crippen LogP contribution < -0.4 is 10.1 Å². The predicted molar refractivity (Wildman–Crippen MR) is 107 cm³/mol. The topological polar surface area (TPSA) is 77.5 Å². The third-order valence-electron chi connectivity index (χ3n) is 5.77. The second-order valence-electron chi connectivity index (χ2n) is 8.01. The first kappa shape index (κ1) is 22.7. The van der Waals surface area contributed by atoms with E-state index in [1.165, 1.54) is 25.4 Å². The van der Waals surface area contributed by atoms with Gasteiger partial charge in [-0.05, 0) is 31.9 Å². The molecule has 9 heteroatoms. The lowest BCUT2D eigenvalue weighted by Gasteiger charge is -2.25. The minimum absolute atomic E-state index is 0.234. The van der Waals surface area contributed by atoms with Gasteiger partial charge in [-0.1, -0.05) is 13.0 Å². The number of nitrogens with zero attached hydrogens (tertiary/aromatic N) is 1. The Morgan fingerprint density at radius 2 is 1.84 bits per heavy atom. The maximum Gasteiger partial charge on any atom is 0.254 e. The zero-order chi connectivity index (χ0) is 23.1. The summed E-state index contributed by atoms with van der Waals surface area (Å²) in [6, 6.07) is 3.53. The quantitative estimate of drug-likeness (QED) is 0.710. The fourth-order valence-electron chi connectivity index (χ4n) is 3.86. The van der Waals surface area contributed by atoms with E-state index >= 15 is 0 Å². The molecule has 0 aliphatic carbocycles. The predicted octanol–water partition coefficient (Wildman–Crippen LogP) is 4.25. The molecule has 0 radical (unpaired) electrons. The molecule has 1 aliphatic heterocycles. The van der Waals surface area contributed by atoms with E-state index in [4.69, 9.17) is 9.47 Å². The first-order valence-corrected chi connectivity index (χ1v) is 9.65. The van der Waals surface area contributed by atoms with E-state index in [1.807, 2.05) is 6.92 Å². The average Bonchev–Trinajstić information content (AvgIpc) is 2.94. The summed E-state index contributed by atoms with van der Waals surface area (Å²) in [6.45, 7) is 6.52. The van der Waals surface area contributed by atoms with E-state index in [1.54, 1.807) is 13.8 Å². The Morgan fingerprint density at radius 1 is 1.16 bits per heavy atom. The first-order valence-electron chi connectivity index (χ1n) is 9.65. The van der Waals surface area contributed by atoms with E-state index in [9.17, 15) is 22.8 Å². The molecule has 31 heavy (non-hydrogen) atoms. The highest BCUT2D eigenvalue weighted by Gasteiger charge is 2.51. The SMILES string of the molecule is COc1c([C@H]2[C@H](C(=O)Nc3ccnc(C(C)=O)c3F)OC(C)(C)[C@H]2C)ccc(F)c1F. The van der Waals surface area contributed by atoms with Crippen molar-refractivity contribution >= 4 is 17.4 Å². The zero-order valence-corrected chi connectivity index (χ0v) is 17.8. The molecule has 166 valence electrons. The lowest BCUT2D eigenvalue weighted by Crippen LogP contribution is -2.33. The van der Waals surface area contributed by atoms with Gasteiger partial charge in [0.2, 0.25) is 5.82 Å². The summed E-state index contributed by atoms with van der Waals surface area (Å²) in [5.41, 5.74) is -1.18. The largest absolute Gasteiger partial charge is 0.493 e. The van der Waals surface area contributed by atoms with Crippen molar-refractivity contribution in [1.82, 2.24) is 4.98 Å². The molecule has 1 saturated heterocycles. The summed E-state index contributed by atoms with van der Waals surface area (Å²) in [5, 5.41) is 2.43. The second-order valence-corrected chi connectivity index (χ2v) is 8.01. The molecule has 6 nitrogen and oxygen atoms in total. The summed E-state index contributed by atoms with van der Waals surface area (Å²) >= 11 is 0. The van der Waals surface area contributed by atoms with Crippen molar-refractivity contribution < 1.29 is 32.2 Å². The Kier molecular flexibility index (Phi) is 6.09. The number of amides is 1. The molecule has 0 spiro atoms. The summed E-state index contributed by atoms with van der Waals surface area (Å²) in [6.07, 6.45) is 0.0463. The van der Waals surface area contributed by atoms with Crippen molar-refractivity contribution in [2.24, 2.45) is 5.92 Å². The minimum Gasteiger partial charge on any atom is -0.493 e. The van der Waals surface area contributed by atoms with Gasteiger partial charge in [0, 0.05) is 24.6 Å². The first-order chi connectivity index (χ1) is 14.5. The van der Waals surface area contributed by atoms with Crippen LogP contribution in [0.15, 0.2) is 24.4 Å². The van der Waals surface area contributed by atoms with E-state index in [2.05, 4.69) is 10.3 Å². The van der Waals surface area contributed by atoms with Crippen molar-refractivity contribution in [3.63, 3.8) is 0 Å². The standard InChI is InChI=1S/C22H23F3N2O4/c1-10-15(12-6-7-13(23)16(24)19(12)30-5)20(31-22(10,3)4)21(29)27-14-8-9-26-18(11(2)28)17(14)25/h6-10,15,20H,1-5H3,(H,26,27,29)/t10-,15-,20+/m0/s1. The fourth-order valence-corrected chi connectivity index (χ4v) is 3.86. The summed E-state index contributed by atoms with van der Waals surface area (Å²) < 4.78 is 53.7. The summed E-state index contributed by atoms with van der Waals surface area (Å²) in [7, 11) is 1.21. The van der Waals surface area contributed by atoms with Crippen LogP contribution in [-0.4, -0.2) is 35.5 Å². The Hall–Kier alpha value is -2.94. The van der Waals surface area contributed by atoms with Crippen LogP contribution in [0.4, 0.5) is 18.9 Å². The smallest absolute Gasteiger partial charge is 0.254 e. The third kappa shape index (κ3) is 4.01. The molecule has 2 heterocycles. The number of halogens is 3. The van der Waals surface area contributed by atoms with Crippen molar-refractivity contribution in [2.75, 3.05) is 12.4 Å². The molecule has 1 amide bonds. The number of carbonyl (C=O) groups excluding carboxylic acids is 2. The maximum absolute atomic E-state index is 14.6. The molecule has 0 saturated carbocycles. The number of hydrogen-bond acceptors (Lipinski definition) is 5. The Balaban J connectivity index is 2.02. The number of carbonyl (C=O) groups is 2. The molecule has 1 aliphatic rings. The Morgan fingerprint density at radius 3 is 2.45 bits per heavy atom. The third-order valence-corrected chi connectivity index (χ3v) is 5.77. The number of benzene rings is 1. The monoisotopic (exact) mass is 436 g/mol. The molecule has 1 aromatic heterocycles. The van der Waals surface area contributed by atoms with Gasteiger partial charge in [0.05, 0.1) is 18.4 Å². The number of rotatable bonds is 5. The molecule has 1 fully saturated rings. The van der Waals surface area contributed by atoms with Crippen LogP contribution in [0.2, 0.25) is 0 Å². The van der Waals surface area contributed by atoms with Gasteiger partial charge in [-0.3, -0.25) is 9.59 Å². The Bertz CT molecular complexity index is 1040. The van der Waals surface area contributed by atoms with Crippen molar-refractivity contribution in [3.8, 4) is 5.75 Å². The molecule has 0 bridgehead atoms. The van der Waals surface area contributed by atoms with Gasteiger partial charge in [-0.15, -0.1) is 0 Å². The van der Waals surface area contributed by atoms with Gasteiger partial charge in [-0.2, -0.15) is 4.39 Å². The lowest BCUT2D eigenvalue weighted by molar-refractivity contribution is -0.131. The van der Waals surface area contributed by atoms with Crippen LogP contribution >= 0.6 is 0 Å². The minimum atomic E-state index is -1.16. The Labute approximate surface area is 177 Å². The number of nitrogens with one attached hydrogen (secondary N) is 1. The average molecular weight is 436 g/mol. The highest BCUT2D eigenvalue weighted by Crippen LogP contribution is 2.49. The van der Waals surface area contributed by atoms with Gasteiger partial charge < -0.3 is 14.8 Å². The second kappa shape index (κ2) is 8.30. The van der Waals surface area contributed by atoms with Crippen LogP contribution in [0.25, 0.3) is 0 Å². The molecular weight excluding hydrogens is 413 g/mol. The number of ether oxygens (including phenoxy) is 2. The maximum atomic E-state index is 14.6. The van der Waals surface area contributed by atoms with Crippen LogP contribution in [0.3, 0.4) is 0 Å². The lowest BCUT2D eigenvalue weighted by atomic mass is 9.78. The van der Waals surface area contributed by atoms with Gasteiger partial charge in [0.1, 0.15) is 11.8 Å². The van der Waals surface area contributed by atoms with Gasteiger partial charge in [0.25, 0.3) is 5.91 Å². The molecule has 1 N–H and O–H groups in total. The number of hydrogen-bond donors (Lipinski definition) is 1. The number of anilines is 1. The van der Waals surface area contributed by atoms with Gasteiger partial charge >= 0.3 is 0 Å².